The maximum absolute atomic E-state index is 12.5. The number of aromatic nitrogens is 1. The molecule has 0 bridgehead atoms. The molecular weight excluding hydrogens is 348 g/mol. The largest absolute Gasteiger partial charge is 0.455 e. The number of likely N-dealkylation sites (tertiary alicyclic amines) is 1. The van der Waals surface area contributed by atoms with Crippen LogP contribution in [-0.4, -0.2) is 41.5 Å². The minimum Gasteiger partial charge on any atom is -0.455 e. The number of nitrogens with zero attached hydrogens (tertiary/aromatic N) is 2. The van der Waals surface area contributed by atoms with E-state index in [1.54, 1.807) is 11.3 Å². The number of amides is 1. The third kappa shape index (κ3) is 3.75. The first-order valence-corrected chi connectivity index (χ1v) is 10.3. The van der Waals surface area contributed by atoms with Gasteiger partial charge in [0, 0.05) is 19.0 Å². The molecule has 1 amide bonds. The van der Waals surface area contributed by atoms with E-state index < -0.39 is 0 Å². The van der Waals surface area contributed by atoms with Gasteiger partial charge in [0.15, 0.2) is 6.61 Å². The molecule has 1 atom stereocenters. The van der Waals surface area contributed by atoms with Gasteiger partial charge in [-0.15, -0.1) is 11.3 Å². The summed E-state index contributed by atoms with van der Waals surface area (Å²) in [6, 6.07) is 8.15. The van der Waals surface area contributed by atoms with Crippen LogP contribution in [0.2, 0.25) is 0 Å². The Labute approximate surface area is 157 Å². The summed E-state index contributed by atoms with van der Waals surface area (Å²) in [6.45, 7) is 1.28. The van der Waals surface area contributed by atoms with Crippen LogP contribution in [-0.2, 0) is 14.3 Å². The van der Waals surface area contributed by atoms with Gasteiger partial charge in [-0.1, -0.05) is 25.0 Å². The standard InChI is InChI=1S/C20H24N2O3S/c23-18(13-25-20(24)14-6-1-2-7-14)22-11-5-8-15(12-22)19-21-16-9-3-4-10-17(16)26-19/h3-4,9-10,14-15H,1-2,5-8,11-13H2/t15-/m1/s1. The number of benzene rings is 1. The Hall–Kier alpha value is -1.95. The number of ether oxygens (including phenoxy) is 1. The van der Waals surface area contributed by atoms with Crippen molar-refractivity contribution in [3.63, 3.8) is 0 Å². The number of carbonyl (C=O) groups excluding carboxylic acids is 2. The van der Waals surface area contributed by atoms with Gasteiger partial charge >= 0.3 is 5.97 Å². The van der Waals surface area contributed by atoms with Crippen molar-refractivity contribution >= 4 is 33.4 Å². The molecule has 1 aromatic carbocycles. The summed E-state index contributed by atoms with van der Waals surface area (Å²) >= 11 is 1.72. The van der Waals surface area contributed by atoms with Gasteiger partial charge in [-0.3, -0.25) is 9.59 Å². The fraction of sp³-hybridized carbons (Fsp3) is 0.550. The topological polar surface area (TPSA) is 59.5 Å². The first-order valence-electron chi connectivity index (χ1n) is 9.50. The Balaban J connectivity index is 1.35. The van der Waals surface area contributed by atoms with E-state index >= 15 is 0 Å². The molecule has 2 heterocycles. The van der Waals surface area contributed by atoms with Crippen LogP contribution in [0.25, 0.3) is 10.2 Å². The lowest BCUT2D eigenvalue weighted by Gasteiger charge is -2.31. The first kappa shape index (κ1) is 17.5. The van der Waals surface area contributed by atoms with Gasteiger partial charge < -0.3 is 9.64 Å². The van der Waals surface area contributed by atoms with E-state index in [-0.39, 0.29) is 30.3 Å². The molecule has 2 aromatic rings. The van der Waals surface area contributed by atoms with Crippen molar-refractivity contribution in [2.75, 3.05) is 19.7 Å². The molecule has 1 aliphatic heterocycles. The number of piperidine rings is 1. The summed E-state index contributed by atoms with van der Waals surface area (Å²) in [5.41, 5.74) is 1.03. The molecular formula is C20H24N2O3S. The fourth-order valence-corrected chi connectivity index (χ4v) is 5.07. The Bertz CT molecular complexity index is 764. The minimum absolute atomic E-state index is 0.000322. The van der Waals surface area contributed by atoms with Crippen LogP contribution in [0, 0.1) is 5.92 Å². The van der Waals surface area contributed by atoms with Crippen molar-refractivity contribution < 1.29 is 14.3 Å². The zero-order chi connectivity index (χ0) is 17.9. The van der Waals surface area contributed by atoms with Crippen LogP contribution in [0.15, 0.2) is 24.3 Å². The monoisotopic (exact) mass is 372 g/mol. The first-order chi connectivity index (χ1) is 12.7. The molecule has 138 valence electrons. The Kier molecular flexibility index (Phi) is 5.20. The van der Waals surface area contributed by atoms with Crippen LogP contribution in [0.1, 0.15) is 49.5 Å². The van der Waals surface area contributed by atoms with Gasteiger partial charge in [-0.05, 0) is 37.8 Å². The van der Waals surface area contributed by atoms with E-state index in [1.807, 2.05) is 23.1 Å². The van der Waals surface area contributed by atoms with Crippen LogP contribution in [0.4, 0.5) is 0 Å². The summed E-state index contributed by atoms with van der Waals surface area (Å²) in [5, 5.41) is 1.10. The van der Waals surface area contributed by atoms with Gasteiger partial charge in [0.2, 0.25) is 0 Å². The van der Waals surface area contributed by atoms with E-state index in [1.165, 1.54) is 4.70 Å². The maximum Gasteiger partial charge on any atom is 0.309 e. The van der Waals surface area contributed by atoms with Crippen molar-refractivity contribution in [3.8, 4) is 0 Å². The molecule has 2 fully saturated rings. The molecule has 0 N–H and O–H groups in total. The third-order valence-electron chi connectivity index (χ3n) is 5.46. The van der Waals surface area contributed by atoms with Gasteiger partial charge in [0.05, 0.1) is 21.1 Å². The third-order valence-corrected chi connectivity index (χ3v) is 6.66. The number of thiazole rings is 1. The van der Waals surface area contributed by atoms with Crippen molar-refractivity contribution in [1.29, 1.82) is 0 Å². The number of fused-ring (bicyclic) bond motifs is 1. The molecule has 0 radical (unpaired) electrons. The van der Waals surface area contributed by atoms with Crippen LogP contribution in [0.5, 0.6) is 0 Å². The number of esters is 1. The second kappa shape index (κ2) is 7.74. The molecule has 1 saturated carbocycles. The molecule has 4 rings (SSSR count). The predicted molar refractivity (Wildman–Crippen MR) is 101 cm³/mol. The molecule has 0 unspecified atom stereocenters. The van der Waals surface area contributed by atoms with E-state index in [0.717, 1.165) is 55.6 Å². The lowest BCUT2D eigenvalue weighted by atomic mass is 9.99. The summed E-state index contributed by atoms with van der Waals surface area (Å²) < 4.78 is 6.48. The van der Waals surface area contributed by atoms with Crippen molar-refractivity contribution in [3.05, 3.63) is 29.3 Å². The maximum atomic E-state index is 12.5. The SMILES string of the molecule is O=C(OCC(=O)N1CCC[C@@H](c2nc3ccccc3s2)C1)C1CCCC1. The average molecular weight is 372 g/mol. The highest BCUT2D eigenvalue weighted by atomic mass is 32.1. The summed E-state index contributed by atoms with van der Waals surface area (Å²) in [5.74, 6) is -0.00646. The van der Waals surface area contributed by atoms with Crippen LogP contribution >= 0.6 is 11.3 Å². The quantitative estimate of drug-likeness (QED) is 0.767. The Morgan fingerprint density at radius 3 is 2.77 bits per heavy atom. The highest BCUT2D eigenvalue weighted by Gasteiger charge is 2.29. The molecule has 6 heteroatoms. The van der Waals surface area contributed by atoms with E-state index in [4.69, 9.17) is 9.72 Å². The van der Waals surface area contributed by atoms with Gasteiger partial charge in [-0.25, -0.2) is 4.98 Å². The lowest BCUT2D eigenvalue weighted by Crippen LogP contribution is -2.41. The van der Waals surface area contributed by atoms with E-state index in [2.05, 4.69) is 6.07 Å². The number of carbonyl (C=O) groups is 2. The molecule has 5 nitrogen and oxygen atoms in total. The molecule has 1 aromatic heterocycles. The zero-order valence-corrected chi connectivity index (χ0v) is 15.7. The van der Waals surface area contributed by atoms with Gasteiger partial charge in [-0.2, -0.15) is 0 Å². The predicted octanol–water partition coefficient (Wildman–Crippen LogP) is 3.74. The Morgan fingerprint density at radius 1 is 1.15 bits per heavy atom. The van der Waals surface area contributed by atoms with Crippen LogP contribution < -0.4 is 0 Å². The van der Waals surface area contributed by atoms with Crippen molar-refractivity contribution in [1.82, 2.24) is 9.88 Å². The summed E-state index contributed by atoms with van der Waals surface area (Å²) in [4.78, 5) is 31.1. The van der Waals surface area contributed by atoms with E-state index in [9.17, 15) is 9.59 Å². The molecule has 1 saturated heterocycles. The Morgan fingerprint density at radius 2 is 1.96 bits per heavy atom. The fourth-order valence-electron chi connectivity index (χ4n) is 3.97. The number of hydrogen-bond acceptors (Lipinski definition) is 5. The van der Waals surface area contributed by atoms with Crippen molar-refractivity contribution in [2.45, 2.75) is 44.4 Å². The smallest absolute Gasteiger partial charge is 0.309 e. The number of hydrogen-bond donors (Lipinski definition) is 0. The summed E-state index contributed by atoms with van der Waals surface area (Å²) in [6.07, 6.45) is 5.98. The second-order valence-electron chi connectivity index (χ2n) is 7.29. The number of para-hydroxylation sites is 1. The normalized spacial score (nSPS) is 21.2. The minimum atomic E-state index is -0.199. The second-order valence-corrected chi connectivity index (χ2v) is 8.35. The zero-order valence-electron chi connectivity index (χ0n) is 14.9. The number of rotatable bonds is 4. The molecule has 26 heavy (non-hydrogen) atoms. The van der Waals surface area contributed by atoms with Gasteiger partial charge in [0.25, 0.3) is 5.91 Å². The van der Waals surface area contributed by atoms with Crippen LogP contribution in [0.3, 0.4) is 0 Å². The van der Waals surface area contributed by atoms with Gasteiger partial charge in [0.1, 0.15) is 0 Å². The highest BCUT2D eigenvalue weighted by Crippen LogP contribution is 2.33. The molecule has 2 aliphatic rings. The molecule has 0 spiro atoms. The lowest BCUT2D eigenvalue weighted by molar-refractivity contribution is -0.155. The average Bonchev–Trinajstić information content (AvgIpc) is 3.35. The van der Waals surface area contributed by atoms with E-state index in [0.29, 0.717) is 6.54 Å². The molecule has 1 aliphatic carbocycles. The summed E-state index contributed by atoms with van der Waals surface area (Å²) in [7, 11) is 0. The van der Waals surface area contributed by atoms with Crippen molar-refractivity contribution in [2.24, 2.45) is 5.92 Å². The highest BCUT2D eigenvalue weighted by molar-refractivity contribution is 7.18.